The molecule has 0 unspecified atom stereocenters. The van der Waals surface area contributed by atoms with E-state index >= 15 is 0 Å². The van der Waals surface area contributed by atoms with Crippen LogP contribution in [0.4, 0.5) is 4.39 Å². The van der Waals surface area contributed by atoms with Gasteiger partial charge < -0.3 is 5.32 Å². The molecule has 1 aliphatic heterocycles. The number of halogens is 3. The van der Waals surface area contributed by atoms with Crippen LogP contribution in [0.2, 0.25) is 5.02 Å². The second-order valence-electron chi connectivity index (χ2n) is 5.97. The summed E-state index contributed by atoms with van der Waals surface area (Å²) in [5.74, 6) is -0.178. The molecule has 1 N–H and O–H groups in total. The van der Waals surface area contributed by atoms with Crippen LogP contribution >= 0.6 is 24.0 Å². The Labute approximate surface area is 150 Å². The van der Waals surface area contributed by atoms with E-state index in [4.69, 9.17) is 11.6 Å². The van der Waals surface area contributed by atoms with Crippen molar-refractivity contribution in [3.05, 3.63) is 46.8 Å². The lowest BCUT2D eigenvalue weighted by molar-refractivity contribution is 0.160. The molecule has 0 bridgehead atoms. The van der Waals surface area contributed by atoms with Gasteiger partial charge in [-0.15, -0.1) is 19.0 Å². The molecule has 0 aromatic heterocycles. The van der Waals surface area contributed by atoms with Crippen LogP contribution < -0.4 is 5.32 Å². The smallest absolute Gasteiger partial charge is 0.129 e. The third-order valence-corrected chi connectivity index (χ3v) is 4.88. The number of nitrogens with one attached hydrogen (secondary N) is 1. The highest BCUT2D eigenvalue weighted by Crippen LogP contribution is 2.35. The zero-order valence-electron chi connectivity index (χ0n) is 13.8. The summed E-state index contributed by atoms with van der Waals surface area (Å²) in [6.07, 6.45) is 6.05. The number of piperazine rings is 1. The highest BCUT2D eigenvalue weighted by molar-refractivity contribution is 6.32. The van der Waals surface area contributed by atoms with Gasteiger partial charge in [-0.2, -0.15) is 0 Å². The quantitative estimate of drug-likeness (QED) is 0.549. The van der Waals surface area contributed by atoms with Gasteiger partial charge in [-0.05, 0) is 37.8 Å². The molecule has 1 aromatic carbocycles. The lowest BCUT2D eigenvalue weighted by Gasteiger charge is -2.36. The summed E-state index contributed by atoms with van der Waals surface area (Å²) in [6, 6.07) is 3.38. The van der Waals surface area contributed by atoms with Crippen LogP contribution in [0.3, 0.4) is 0 Å². The van der Waals surface area contributed by atoms with E-state index in [-0.39, 0.29) is 24.3 Å². The van der Waals surface area contributed by atoms with E-state index in [9.17, 15) is 4.39 Å². The van der Waals surface area contributed by atoms with Crippen molar-refractivity contribution < 1.29 is 4.39 Å². The van der Waals surface area contributed by atoms with Crippen molar-refractivity contribution in [2.24, 2.45) is 0 Å². The molecule has 23 heavy (non-hydrogen) atoms. The number of benzene rings is 1. The summed E-state index contributed by atoms with van der Waals surface area (Å²) in [7, 11) is 0. The lowest BCUT2D eigenvalue weighted by Crippen LogP contribution is -2.45. The fourth-order valence-corrected chi connectivity index (χ4v) is 3.39. The van der Waals surface area contributed by atoms with Gasteiger partial charge in [0.05, 0.1) is 5.02 Å². The van der Waals surface area contributed by atoms with E-state index in [0.29, 0.717) is 10.6 Å². The Kier molecular flexibility index (Phi) is 9.15. The third kappa shape index (κ3) is 5.46. The van der Waals surface area contributed by atoms with Gasteiger partial charge in [-0.1, -0.05) is 30.2 Å². The molecule has 1 aliphatic rings. The monoisotopic (exact) mass is 360 g/mol. The molecule has 1 saturated heterocycles. The standard InChI is InChI=1S/C18H26ClFN2.ClH/c1-3-4-5-6-7-16(22-12-10-21-11-13-22)17-15(20)9-8-14(2)18(17)19;/h3,8-9,16,21H,1,4-7,10-13H2,2H3;1H/t16-;/m1./s1. The number of nitrogens with zero attached hydrogens (tertiary/aromatic N) is 1. The van der Waals surface area contributed by atoms with Gasteiger partial charge in [0.1, 0.15) is 5.82 Å². The van der Waals surface area contributed by atoms with Crippen molar-refractivity contribution in [3.63, 3.8) is 0 Å². The third-order valence-electron chi connectivity index (χ3n) is 4.38. The average Bonchev–Trinajstić information content (AvgIpc) is 2.54. The fraction of sp³-hybridized carbons (Fsp3) is 0.556. The number of aryl methyl sites for hydroxylation is 1. The van der Waals surface area contributed by atoms with Crippen molar-refractivity contribution in [2.45, 2.75) is 38.6 Å². The summed E-state index contributed by atoms with van der Waals surface area (Å²) in [5, 5.41) is 3.95. The summed E-state index contributed by atoms with van der Waals surface area (Å²) in [6.45, 7) is 9.49. The van der Waals surface area contributed by atoms with Gasteiger partial charge in [-0.25, -0.2) is 4.39 Å². The molecule has 1 fully saturated rings. The largest absolute Gasteiger partial charge is 0.314 e. The fourth-order valence-electron chi connectivity index (χ4n) is 3.11. The molecule has 0 spiro atoms. The summed E-state index contributed by atoms with van der Waals surface area (Å²) in [5.41, 5.74) is 1.63. The topological polar surface area (TPSA) is 15.3 Å². The molecule has 130 valence electrons. The van der Waals surface area contributed by atoms with Crippen molar-refractivity contribution in [1.82, 2.24) is 10.2 Å². The molecule has 5 heteroatoms. The number of hydrogen-bond acceptors (Lipinski definition) is 2. The van der Waals surface area contributed by atoms with Gasteiger partial charge in [0.15, 0.2) is 0 Å². The minimum atomic E-state index is -0.178. The van der Waals surface area contributed by atoms with Gasteiger partial charge in [-0.3, -0.25) is 4.90 Å². The zero-order chi connectivity index (χ0) is 15.9. The SMILES string of the molecule is C=CCCCC[C@H](c1c(F)ccc(C)c1Cl)N1CCNCC1.Cl. The summed E-state index contributed by atoms with van der Waals surface area (Å²) >= 11 is 6.45. The molecule has 1 atom stereocenters. The Morgan fingerprint density at radius 1 is 1.35 bits per heavy atom. The van der Waals surface area contributed by atoms with Gasteiger partial charge >= 0.3 is 0 Å². The van der Waals surface area contributed by atoms with Crippen LogP contribution in [0.1, 0.15) is 42.9 Å². The maximum absolute atomic E-state index is 14.5. The lowest BCUT2D eigenvalue weighted by atomic mass is 9.96. The Bertz CT molecular complexity index is 502. The van der Waals surface area contributed by atoms with Gasteiger partial charge in [0.25, 0.3) is 0 Å². The first kappa shape index (κ1) is 20.4. The Balaban J connectivity index is 0.00000264. The molecular weight excluding hydrogens is 334 g/mol. The molecular formula is C18H27Cl2FN2. The zero-order valence-corrected chi connectivity index (χ0v) is 15.4. The number of hydrogen-bond donors (Lipinski definition) is 1. The number of allylic oxidation sites excluding steroid dienone is 1. The highest BCUT2D eigenvalue weighted by atomic mass is 35.5. The Hall–Kier alpha value is -0.610. The second kappa shape index (κ2) is 10.3. The van der Waals surface area contributed by atoms with Crippen molar-refractivity contribution in [3.8, 4) is 0 Å². The van der Waals surface area contributed by atoms with Crippen LogP contribution in [0.15, 0.2) is 24.8 Å². The summed E-state index contributed by atoms with van der Waals surface area (Å²) < 4.78 is 14.5. The normalized spacial score (nSPS) is 16.7. The first-order chi connectivity index (χ1) is 10.6. The van der Waals surface area contributed by atoms with Crippen molar-refractivity contribution in [1.29, 1.82) is 0 Å². The number of rotatable bonds is 7. The minimum absolute atomic E-state index is 0. The van der Waals surface area contributed by atoms with E-state index < -0.39 is 0 Å². The Morgan fingerprint density at radius 2 is 2.04 bits per heavy atom. The predicted octanol–water partition coefficient (Wildman–Crippen LogP) is 4.90. The van der Waals surface area contributed by atoms with Crippen LogP contribution in [0, 0.1) is 12.7 Å². The minimum Gasteiger partial charge on any atom is -0.314 e. The van der Waals surface area contributed by atoms with Crippen LogP contribution in [-0.4, -0.2) is 31.1 Å². The van der Waals surface area contributed by atoms with E-state index in [1.165, 1.54) is 0 Å². The molecule has 2 nitrogen and oxygen atoms in total. The highest BCUT2D eigenvalue weighted by Gasteiger charge is 2.26. The molecule has 0 radical (unpaired) electrons. The summed E-state index contributed by atoms with van der Waals surface area (Å²) in [4.78, 5) is 2.37. The van der Waals surface area contributed by atoms with Crippen LogP contribution in [0.5, 0.6) is 0 Å². The molecule has 1 aromatic rings. The van der Waals surface area contributed by atoms with Crippen LogP contribution in [0.25, 0.3) is 0 Å². The van der Waals surface area contributed by atoms with E-state index in [0.717, 1.165) is 57.4 Å². The van der Waals surface area contributed by atoms with Gasteiger partial charge in [0.2, 0.25) is 0 Å². The number of unbranched alkanes of at least 4 members (excludes halogenated alkanes) is 2. The molecule has 0 aliphatic carbocycles. The van der Waals surface area contributed by atoms with E-state index in [1.807, 2.05) is 13.0 Å². The van der Waals surface area contributed by atoms with Crippen molar-refractivity contribution >= 4 is 24.0 Å². The maximum atomic E-state index is 14.5. The second-order valence-corrected chi connectivity index (χ2v) is 6.34. The first-order valence-corrected chi connectivity index (χ1v) is 8.53. The van der Waals surface area contributed by atoms with E-state index in [1.54, 1.807) is 12.1 Å². The maximum Gasteiger partial charge on any atom is 0.129 e. The molecule has 1 heterocycles. The molecule has 0 saturated carbocycles. The van der Waals surface area contributed by atoms with Gasteiger partial charge in [0, 0.05) is 37.8 Å². The average molecular weight is 361 g/mol. The Morgan fingerprint density at radius 3 is 2.70 bits per heavy atom. The first-order valence-electron chi connectivity index (χ1n) is 8.15. The predicted molar refractivity (Wildman–Crippen MR) is 99.2 cm³/mol. The molecule has 2 rings (SSSR count). The molecule has 0 amide bonds. The van der Waals surface area contributed by atoms with E-state index in [2.05, 4.69) is 16.8 Å². The van der Waals surface area contributed by atoms with Crippen molar-refractivity contribution in [2.75, 3.05) is 26.2 Å². The van der Waals surface area contributed by atoms with Crippen LogP contribution in [-0.2, 0) is 0 Å².